The van der Waals surface area contributed by atoms with Gasteiger partial charge < -0.3 is 21.0 Å². The predicted octanol–water partition coefficient (Wildman–Crippen LogP) is 4.73. The number of rotatable bonds is 11. The maximum atomic E-state index is 13.6. The molecule has 2 unspecified atom stereocenters. The topological polar surface area (TPSA) is 88.8 Å². The van der Waals surface area contributed by atoms with Crippen molar-refractivity contribution in [3.8, 4) is 22.5 Å². The molecule has 2 N–H and O–H groups in total. The molecule has 0 fully saturated rings. The van der Waals surface area contributed by atoms with Gasteiger partial charge in [-0.2, -0.15) is 24.9 Å². The standard InChI is InChI=1S/C32H30F3NO5S.Li.H/c1-19-8-4-5-9-21(19)24-18-20(12-13-22(24)30(37)36-26(31(38)39)16-17-42-3)29(40-2)28-15-14-27(41-28)23-10-6-7-11-25(23)32(33,34)35;;/h4-15,18,26,29H,16-17H2,1-3H3,(H,36,37)(H,38,39);;/q;+1;-1. The summed E-state index contributed by atoms with van der Waals surface area (Å²) in [7, 11) is 1.45. The number of aryl methyl sites for hydroxylation is 1. The van der Waals surface area contributed by atoms with Gasteiger partial charge in [-0.3, -0.25) is 4.79 Å². The monoisotopic (exact) mass is 605 g/mol. The van der Waals surface area contributed by atoms with Gasteiger partial charge in [0.1, 0.15) is 23.7 Å². The number of amides is 1. The quantitative estimate of drug-likeness (QED) is 0.241. The fourth-order valence-corrected chi connectivity index (χ4v) is 5.22. The molecule has 43 heavy (non-hydrogen) atoms. The first kappa shape index (κ1) is 34.1. The number of hydrogen-bond acceptors (Lipinski definition) is 5. The van der Waals surface area contributed by atoms with E-state index >= 15 is 0 Å². The first-order valence-corrected chi connectivity index (χ1v) is 14.5. The molecule has 0 bridgehead atoms. The van der Waals surface area contributed by atoms with E-state index in [4.69, 9.17) is 9.15 Å². The summed E-state index contributed by atoms with van der Waals surface area (Å²) in [4.78, 5) is 25.2. The largest absolute Gasteiger partial charge is 1.00 e. The van der Waals surface area contributed by atoms with Crippen LogP contribution in [0, 0.1) is 6.92 Å². The van der Waals surface area contributed by atoms with E-state index in [2.05, 4.69) is 5.32 Å². The second-order valence-corrected chi connectivity index (χ2v) is 10.6. The van der Waals surface area contributed by atoms with Gasteiger partial charge in [-0.15, -0.1) is 0 Å². The van der Waals surface area contributed by atoms with Crippen LogP contribution in [-0.4, -0.2) is 42.1 Å². The second kappa shape index (κ2) is 14.8. The number of carboxylic acid groups (broad SMARTS) is 1. The number of ether oxygens (including phenoxy) is 1. The van der Waals surface area contributed by atoms with Gasteiger partial charge >= 0.3 is 31.0 Å². The van der Waals surface area contributed by atoms with Crippen molar-refractivity contribution in [2.24, 2.45) is 0 Å². The van der Waals surface area contributed by atoms with Crippen molar-refractivity contribution in [2.45, 2.75) is 31.7 Å². The summed E-state index contributed by atoms with van der Waals surface area (Å²) in [6, 6.07) is 19.6. The van der Waals surface area contributed by atoms with E-state index in [1.165, 1.54) is 43.1 Å². The van der Waals surface area contributed by atoms with Crippen molar-refractivity contribution >= 4 is 23.6 Å². The van der Waals surface area contributed by atoms with E-state index in [1.54, 1.807) is 24.3 Å². The molecule has 1 amide bonds. The number of hydrogen-bond donors (Lipinski definition) is 2. The molecule has 0 spiro atoms. The molecule has 0 radical (unpaired) electrons. The molecule has 2 atom stereocenters. The van der Waals surface area contributed by atoms with Crippen molar-refractivity contribution in [1.82, 2.24) is 5.32 Å². The van der Waals surface area contributed by atoms with Gasteiger partial charge in [0.15, 0.2) is 0 Å². The number of aliphatic carboxylic acids is 1. The van der Waals surface area contributed by atoms with Crippen LogP contribution in [0.15, 0.2) is 83.3 Å². The number of nitrogens with one attached hydrogen (secondary N) is 1. The molecule has 4 aromatic rings. The third-order valence-corrected chi connectivity index (χ3v) is 7.50. The molecular weight excluding hydrogens is 574 g/mol. The maximum Gasteiger partial charge on any atom is 1.00 e. The Labute approximate surface area is 265 Å². The summed E-state index contributed by atoms with van der Waals surface area (Å²) in [5, 5.41) is 12.3. The number of thioether (sulfide) groups is 1. The molecule has 0 aliphatic carbocycles. The van der Waals surface area contributed by atoms with E-state index in [0.717, 1.165) is 17.2 Å². The second-order valence-electron chi connectivity index (χ2n) is 9.63. The first-order valence-electron chi connectivity index (χ1n) is 13.1. The van der Waals surface area contributed by atoms with E-state index in [9.17, 15) is 27.9 Å². The molecule has 0 aliphatic rings. The first-order chi connectivity index (χ1) is 20.0. The van der Waals surface area contributed by atoms with Gasteiger partial charge in [-0.25, -0.2) is 4.79 Å². The van der Waals surface area contributed by atoms with Crippen LogP contribution >= 0.6 is 11.8 Å². The van der Waals surface area contributed by atoms with Crippen molar-refractivity contribution in [3.63, 3.8) is 0 Å². The Bertz CT molecular complexity index is 1580. The summed E-state index contributed by atoms with van der Waals surface area (Å²) in [5.74, 6) is -0.770. The Hall–Kier alpha value is -3.42. The minimum absolute atomic E-state index is 0. The van der Waals surface area contributed by atoms with Crippen molar-refractivity contribution in [1.29, 1.82) is 0 Å². The van der Waals surface area contributed by atoms with Crippen molar-refractivity contribution in [2.75, 3.05) is 19.1 Å². The molecule has 4 rings (SSSR count). The molecule has 0 saturated carbocycles. The van der Waals surface area contributed by atoms with E-state index in [-0.39, 0.29) is 49.4 Å². The Morgan fingerprint density at radius 2 is 1.67 bits per heavy atom. The molecule has 222 valence electrons. The summed E-state index contributed by atoms with van der Waals surface area (Å²) < 4.78 is 52.5. The molecule has 0 saturated heterocycles. The van der Waals surface area contributed by atoms with Crippen LogP contribution in [0.25, 0.3) is 22.5 Å². The van der Waals surface area contributed by atoms with Crippen LogP contribution in [0.2, 0.25) is 0 Å². The fraction of sp³-hybridized carbons (Fsp3) is 0.250. The van der Waals surface area contributed by atoms with E-state index in [1.807, 2.05) is 37.4 Å². The molecule has 6 nitrogen and oxygen atoms in total. The zero-order valence-corrected chi connectivity index (χ0v) is 25.0. The SMILES string of the molecule is COC(c1ccc(C(=O)NC(CCSC)C(=O)O)c(-c2ccccc2C)c1)c1ccc(-c2ccccc2C(F)(F)F)o1.[H-].[Li+]. The van der Waals surface area contributed by atoms with Gasteiger partial charge in [0.2, 0.25) is 0 Å². The van der Waals surface area contributed by atoms with Gasteiger partial charge in [0.25, 0.3) is 5.91 Å². The molecule has 0 aliphatic heterocycles. The number of methoxy groups -OCH3 is 1. The maximum absolute atomic E-state index is 13.6. The van der Waals surface area contributed by atoms with Gasteiger partial charge in [0, 0.05) is 18.2 Å². The predicted molar refractivity (Wildman–Crippen MR) is 158 cm³/mol. The van der Waals surface area contributed by atoms with E-state index in [0.29, 0.717) is 16.9 Å². The smallest absolute Gasteiger partial charge is 1.00 e. The Morgan fingerprint density at radius 3 is 2.30 bits per heavy atom. The Kier molecular flexibility index (Phi) is 11.8. The summed E-state index contributed by atoms with van der Waals surface area (Å²) in [6.07, 6.45) is -3.23. The van der Waals surface area contributed by atoms with Gasteiger partial charge in [-0.1, -0.05) is 48.5 Å². The van der Waals surface area contributed by atoms with Crippen LogP contribution in [0.1, 0.15) is 46.8 Å². The number of furan rings is 1. The molecule has 1 aromatic heterocycles. The van der Waals surface area contributed by atoms with Crippen LogP contribution in [0.4, 0.5) is 13.2 Å². The van der Waals surface area contributed by atoms with Gasteiger partial charge in [-0.05, 0) is 77.9 Å². The zero-order chi connectivity index (χ0) is 30.4. The van der Waals surface area contributed by atoms with Crippen LogP contribution in [0.3, 0.4) is 0 Å². The number of carbonyl (C=O) groups is 2. The third-order valence-electron chi connectivity index (χ3n) is 6.86. The summed E-state index contributed by atoms with van der Waals surface area (Å²) in [6.45, 7) is 1.90. The van der Waals surface area contributed by atoms with E-state index < -0.39 is 35.8 Å². The molecule has 1 heterocycles. The Morgan fingerprint density at radius 1 is 1.00 bits per heavy atom. The van der Waals surface area contributed by atoms with Crippen LogP contribution in [-0.2, 0) is 15.7 Å². The number of benzene rings is 3. The number of carbonyl (C=O) groups excluding carboxylic acids is 1. The average molecular weight is 606 g/mol. The Balaban J connectivity index is 0.00000337. The third kappa shape index (κ3) is 7.95. The minimum atomic E-state index is -4.56. The van der Waals surface area contributed by atoms with Crippen molar-refractivity contribution < 1.29 is 57.3 Å². The minimum Gasteiger partial charge on any atom is -1.00 e. The van der Waals surface area contributed by atoms with Crippen LogP contribution < -0.4 is 24.2 Å². The fourth-order valence-electron chi connectivity index (χ4n) is 4.75. The number of alkyl halides is 3. The molecule has 3 aromatic carbocycles. The van der Waals surface area contributed by atoms with Crippen molar-refractivity contribution in [3.05, 3.63) is 107 Å². The number of carboxylic acids is 1. The number of halogens is 3. The molecule has 11 heteroatoms. The normalized spacial score (nSPS) is 12.7. The molecular formula is C32H31F3LiNO5S. The van der Waals surface area contributed by atoms with Crippen LogP contribution in [0.5, 0.6) is 0 Å². The summed E-state index contributed by atoms with van der Waals surface area (Å²) >= 11 is 1.49. The van der Waals surface area contributed by atoms with Gasteiger partial charge in [0.05, 0.1) is 5.56 Å². The summed E-state index contributed by atoms with van der Waals surface area (Å²) in [5.41, 5.74) is 2.16. The average Bonchev–Trinajstić information content (AvgIpc) is 3.45. The zero-order valence-electron chi connectivity index (χ0n) is 25.2.